The van der Waals surface area contributed by atoms with Gasteiger partial charge in [-0.05, 0) is 30.3 Å². The summed E-state index contributed by atoms with van der Waals surface area (Å²) in [6.07, 6.45) is 2.04. The van der Waals surface area contributed by atoms with Crippen LogP contribution in [0.4, 0.5) is 10.8 Å². The Morgan fingerprint density at radius 3 is 2.59 bits per heavy atom. The highest BCUT2D eigenvalue weighted by atomic mass is 32.1. The molecule has 0 saturated carbocycles. The van der Waals surface area contributed by atoms with E-state index < -0.39 is 5.91 Å². The number of imide groups is 1. The molecule has 0 aliphatic carbocycles. The van der Waals surface area contributed by atoms with Crippen molar-refractivity contribution in [2.24, 2.45) is 0 Å². The van der Waals surface area contributed by atoms with E-state index in [1.54, 1.807) is 36.5 Å². The van der Waals surface area contributed by atoms with Crippen LogP contribution < -0.4 is 10.2 Å². The minimum atomic E-state index is -0.403. The zero-order valence-electron chi connectivity index (χ0n) is 14.0. The second kappa shape index (κ2) is 7.04. The molecule has 0 atom stereocenters. The van der Waals surface area contributed by atoms with Crippen LogP contribution in [0, 0.1) is 0 Å². The fraction of sp³-hybridized carbons (Fsp3) is 0.111. The molecular formula is C18H13N5O3S. The minimum absolute atomic E-state index is 0.191. The van der Waals surface area contributed by atoms with Gasteiger partial charge in [-0.15, -0.1) is 10.2 Å². The summed E-state index contributed by atoms with van der Waals surface area (Å²) in [6.45, 7) is 0. The number of hydrogen-bond donors (Lipinski definition) is 1. The maximum Gasteiger partial charge on any atom is 0.257 e. The van der Waals surface area contributed by atoms with E-state index in [1.165, 1.54) is 17.4 Å². The van der Waals surface area contributed by atoms with Gasteiger partial charge < -0.3 is 0 Å². The summed E-state index contributed by atoms with van der Waals surface area (Å²) < 4.78 is 0. The lowest BCUT2D eigenvalue weighted by molar-refractivity contribution is -0.121. The van der Waals surface area contributed by atoms with Crippen LogP contribution >= 0.6 is 11.3 Å². The highest BCUT2D eigenvalue weighted by Gasteiger charge is 2.30. The Morgan fingerprint density at radius 2 is 1.85 bits per heavy atom. The third kappa shape index (κ3) is 3.44. The molecular weight excluding hydrogens is 366 g/mol. The normalized spacial score (nSPS) is 13.9. The third-order valence-electron chi connectivity index (χ3n) is 3.95. The summed E-state index contributed by atoms with van der Waals surface area (Å²) in [6, 6.07) is 11.8. The fourth-order valence-corrected chi connectivity index (χ4v) is 3.40. The van der Waals surface area contributed by atoms with Crippen LogP contribution in [0.15, 0.2) is 48.7 Å². The van der Waals surface area contributed by atoms with Gasteiger partial charge in [0.1, 0.15) is 5.69 Å². The summed E-state index contributed by atoms with van der Waals surface area (Å²) in [7, 11) is 0. The first-order chi connectivity index (χ1) is 13.1. The molecule has 8 nitrogen and oxygen atoms in total. The second-order valence-corrected chi connectivity index (χ2v) is 6.73. The first kappa shape index (κ1) is 17.0. The molecule has 2 aromatic heterocycles. The van der Waals surface area contributed by atoms with E-state index in [9.17, 15) is 14.4 Å². The lowest BCUT2D eigenvalue weighted by Gasteiger charge is -2.14. The molecule has 3 aromatic rings. The van der Waals surface area contributed by atoms with Gasteiger partial charge in [-0.3, -0.25) is 29.6 Å². The Bertz CT molecular complexity index is 1020. The second-order valence-electron chi connectivity index (χ2n) is 5.75. The van der Waals surface area contributed by atoms with Gasteiger partial charge in [0.2, 0.25) is 16.9 Å². The molecule has 27 heavy (non-hydrogen) atoms. The van der Waals surface area contributed by atoms with Crippen LogP contribution in [-0.2, 0) is 9.59 Å². The van der Waals surface area contributed by atoms with Gasteiger partial charge in [0, 0.05) is 24.6 Å². The van der Waals surface area contributed by atoms with Gasteiger partial charge in [-0.25, -0.2) is 0 Å². The quantitative estimate of drug-likeness (QED) is 0.698. The Balaban J connectivity index is 1.52. The van der Waals surface area contributed by atoms with Crippen LogP contribution in [0.2, 0.25) is 0 Å². The molecule has 3 amide bonds. The molecule has 4 rings (SSSR count). The van der Waals surface area contributed by atoms with E-state index in [1.807, 2.05) is 6.07 Å². The van der Waals surface area contributed by atoms with Gasteiger partial charge in [0.05, 0.1) is 5.69 Å². The first-order valence-electron chi connectivity index (χ1n) is 8.14. The van der Waals surface area contributed by atoms with Crippen molar-refractivity contribution >= 4 is 39.9 Å². The van der Waals surface area contributed by atoms with Crippen molar-refractivity contribution in [2.45, 2.75) is 12.8 Å². The van der Waals surface area contributed by atoms with Crippen molar-refractivity contribution < 1.29 is 14.4 Å². The summed E-state index contributed by atoms with van der Waals surface area (Å²) in [5.41, 5.74) is 1.37. The number of rotatable bonds is 4. The van der Waals surface area contributed by atoms with Crippen LogP contribution in [0.5, 0.6) is 0 Å². The third-order valence-corrected chi connectivity index (χ3v) is 4.81. The largest absolute Gasteiger partial charge is 0.296 e. The number of amides is 3. The molecule has 0 bridgehead atoms. The van der Waals surface area contributed by atoms with E-state index in [2.05, 4.69) is 20.5 Å². The summed E-state index contributed by atoms with van der Waals surface area (Å²) >= 11 is 1.20. The number of aromatic nitrogens is 3. The summed E-state index contributed by atoms with van der Waals surface area (Å²) in [5.74, 6) is -0.928. The molecule has 9 heteroatoms. The minimum Gasteiger partial charge on any atom is -0.296 e. The molecule has 1 aliphatic heterocycles. The van der Waals surface area contributed by atoms with Crippen LogP contribution in [0.3, 0.4) is 0 Å². The molecule has 0 spiro atoms. The Labute approximate surface area is 157 Å². The lowest BCUT2D eigenvalue weighted by atomic mass is 10.2. The van der Waals surface area contributed by atoms with Crippen LogP contribution in [-0.4, -0.2) is 32.9 Å². The van der Waals surface area contributed by atoms with Gasteiger partial charge >= 0.3 is 0 Å². The van der Waals surface area contributed by atoms with Crippen molar-refractivity contribution in [3.8, 4) is 10.7 Å². The number of nitrogens with one attached hydrogen (secondary N) is 1. The maximum atomic E-state index is 12.5. The van der Waals surface area contributed by atoms with Crippen molar-refractivity contribution in [2.75, 3.05) is 10.2 Å². The number of nitrogens with zero attached hydrogens (tertiary/aromatic N) is 4. The predicted molar refractivity (Wildman–Crippen MR) is 99.3 cm³/mol. The predicted octanol–water partition coefficient (Wildman–Crippen LogP) is 2.51. The van der Waals surface area contributed by atoms with Crippen molar-refractivity contribution in [1.29, 1.82) is 0 Å². The van der Waals surface area contributed by atoms with Gasteiger partial charge in [-0.1, -0.05) is 23.5 Å². The van der Waals surface area contributed by atoms with Crippen molar-refractivity contribution in [3.63, 3.8) is 0 Å². The summed E-state index contributed by atoms with van der Waals surface area (Å²) in [5, 5.41) is 11.6. The van der Waals surface area contributed by atoms with Gasteiger partial charge in [-0.2, -0.15) is 0 Å². The number of carbonyl (C=O) groups is 3. The number of hydrogen-bond acceptors (Lipinski definition) is 7. The molecule has 134 valence electrons. The standard InChI is InChI=1S/C18H13N5O3S/c24-14-7-8-15(25)23(14)12-5-3-4-11(10-12)16(26)20-18-22-21-17(27-18)13-6-1-2-9-19-13/h1-6,9-10H,7-8H2,(H,20,22,26). The smallest absolute Gasteiger partial charge is 0.257 e. The lowest BCUT2D eigenvalue weighted by Crippen LogP contribution is -2.28. The average Bonchev–Trinajstić information content (AvgIpc) is 3.29. The Hall–Kier alpha value is -3.46. The van der Waals surface area contributed by atoms with Gasteiger partial charge in [0.15, 0.2) is 5.01 Å². The molecule has 1 aromatic carbocycles. The van der Waals surface area contributed by atoms with E-state index in [4.69, 9.17) is 0 Å². The topological polar surface area (TPSA) is 105 Å². The highest BCUT2D eigenvalue weighted by molar-refractivity contribution is 7.18. The maximum absolute atomic E-state index is 12.5. The SMILES string of the molecule is O=C(Nc1nnc(-c2ccccn2)s1)c1cccc(N2C(=O)CCC2=O)c1. The number of benzene rings is 1. The molecule has 1 fully saturated rings. The number of pyridine rings is 1. The fourth-order valence-electron chi connectivity index (χ4n) is 2.69. The first-order valence-corrected chi connectivity index (χ1v) is 8.95. The molecule has 1 N–H and O–H groups in total. The molecule has 3 heterocycles. The zero-order valence-corrected chi connectivity index (χ0v) is 14.8. The highest BCUT2D eigenvalue weighted by Crippen LogP contribution is 2.26. The molecule has 1 saturated heterocycles. The number of carbonyl (C=O) groups excluding carboxylic acids is 3. The van der Waals surface area contributed by atoms with E-state index >= 15 is 0 Å². The van der Waals surface area contributed by atoms with Crippen LogP contribution in [0.1, 0.15) is 23.2 Å². The molecule has 1 aliphatic rings. The van der Waals surface area contributed by atoms with E-state index in [0.717, 1.165) is 4.90 Å². The number of anilines is 2. The van der Waals surface area contributed by atoms with E-state index in [-0.39, 0.29) is 24.7 Å². The average molecular weight is 379 g/mol. The Morgan fingerprint density at radius 1 is 1.04 bits per heavy atom. The molecule has 0 unspecified atom stereocenters. The van der Waals surface area contributed by atoms with Crippen molar-refractivity contribution in [1.82, 2.24) is 15.2 Å². The summed E-state index contributed by atoms with van der Waals surface area (Å²) in [4.78, 5) is 41.6. The zero-order chi connectivity index (χ0) is 18.8. The van der Waals surface area contributed by atoms with Gasteiger partial charge in [0.25, 0.3) is 5.91 Å². The van der Waals surface area contributed by atoms with Crippen molar-refractivity contribution in [3.05, 3.63) is 54.2 Å². The van der Waals surface area contributed by atoms with E-state index in [0.29, 0.717) is 27.1 Å². The van der Waals surface area contributed by atoms with Crippen LogP contribution in [0.25, 0.3) is 10.7 Å². The monoisotopic (exact) mass is 379 g/mol. The molecule has 0 radical (unpaired) electrons. The Kier molecular flexibility index (Phi) is 4.43.